The number of rotatable bonds is 5. The number of nitrogens with one attached hydrogen (secondary N) is 2. The van der Waals surface area contributed by atoms with Crippen LogP contribution in [-0.4, -0.2) is 41.7 Å². The highest BCUT2D eigenvalue weighted by Gasteiger charge is 2.22. The molecule has 0 aromatic carbocycles. The minimum atomic E-state index is -0.258. The van der Waals surface area contributed by atoms with Crippen LogP contribution < -0.4 is 10.6 Å². The molecule has 1 amide bonds. The molecule has 6 heteroatoms. The van der Waals surface area contributed by atoms with Crippen LogP contribution in [0.15, 0.2) is 18.6 Å². The van der Waals surface area contributed by atoms with Crippen LogP contribution in [0.25, 0.3) is 0 Å². The van der Waals surface area contributed by atoms with Crippen LogP contribution in [0.1, 0.15) is 12.8 Å². The lowest BCUT2D eigenvalue weighted by atomic mass is 10.2. The Bertz CT molecular complexity index is 352. The zero-order valence-corrected chi connectivity index (χ0v) is 9.56. The molecule has 0 aliphatic carbocycles. The number of hydrogen-bond acceptors (Lipinski definition) is 5. The Morgan fingerprint density at radius 3 is 3.12 bits per heavy atom. The summed E-state index contributed by atoms with van der Waals surface area (Å²) >= 11 is 0. The fourth-order valence-corrected chi connectivity index (χ4v) is 1.66. The highest BCUT2D eigenvalue weighted by Crippen LogP contribution is 2.11. The summed E-state index contributed by atoms with van der Waals surface area (Å²) in [4.78, 5) is 19.6. The van der Waals surface area contributed by atoms with E-state index in [2.05, 4.69) is 20.6 Å². The van der Waals surface area contributed by atoms with Crippen molar-refractivity contribution in [2.24, 2.45) is 0 Å². The third-order valence-electron chi connectivity index (χ3n) is 2.52. The second-order valence-electron chi connectivity index (χ2n) is 3.81. The molecule has 2 heterocycles. The second kappa shape index (κ2) is 6.15. The van der Waals surface area contributed by atoms with Gasteiger partial charge in [0.15, 0.2) is 0 Å². The van der Waals surface area contributed by atoms with E-state index in [1.807, 2.05) is 0 Å². The van der Waals surface area contributed by atoms with Gasteiger partial charge in [-0.1, -0.05) is 0 Å². The molecule has 17 heavy (non-hydrogen) atoms. The van der Waals surface area contributed by atoms with Crippen LogP contribution in [0, 0.1) is 0 Å². The van der Waals surface area contributed by atoms with Crippen LogP contribution in [0.2, 0.25) is 0 Å². The first-order chi connectivity index (χ1) is 8.36. The van der Waals surface area contributed by atoms with Crippen molar-refractivity contribution in [3.63, 3.8) is 0 Å². The second-order valence-corrected chi connectivity index (χ2v) is 3.81. The molecule has 1 fully saturated rings. The summed E-state index contributed by atoms with van der Waals surface area (Å²) < 4.78 is 5.28. The molecular formula is C11H16N4O2. The van der Waals surface area contributed by atoms with Crippen molar-refractivity contribution in [1.29, 1.82) is 0 Å². The third-order valence-corrected chi connectivity index (χ3v) is 2.52. The summed E-state index contributed by atoms with van der Waals surface area (Å²) in [6, 6.07) is 0. The highest BCUT2D eigenvalue weighted by molar-refractivity contribution is 5.80. The number of aromatic nitrogens is 2. The average Bonchev–Trinajstić information content (AvgIpc) is 2.89. The lowest BCUT2D eigenvalue weighted by Gasteiger charge is -2.10. The lowest BCUT2D eigenvalue weighted by Crippen LogP contribution is -2.36. The van der Waals surface area contributed by atoms with Gasteiger partial charge in [0, 0.05) is 32.1 Å². The Morgan fingerprint density at radius 1 is 1.47 bits per heavy atom. The van der Waals surface area contributed by atoms with E-state index in [0.29, 0.717) is 25.5 Å². The lowest BCUT2D eigenvalue weighted by molar-refractivity contribution is -0.129. The summed E-state index contributed by atoms with van der Waals surface area (Å²) in [6.45, 7) is 1.86. The molecule has 2 rings (SSSR count). The summed E-state index contributed by atoms with van der Waals surface area (Å²) in [5.41, 5.74) is 0. The summed E-state index contributed by atoms with van der Waals surface area (Å²) in [6.07, 6.45) is 6.41. The molecule has 1 atom stereocenters. The average molecular weight is 236 g/mol. The van der Waals surface area contributed by atoms with Gasteiger partial charge in [0.25, 0.3) is 0 Å². The fourth-order valence-electron chi connectivity index (χ4n) is 1.66. The largest absolute Gasteiger partial charge is 0.368 e. The molecule has 1 aromatic rings. The number of nitrogens with zero attached hydrogens (tertiary/aromatic N) is 2. The van der Waals surface area contributed by atoms with Crippen LogP contribution in [0.5, 0.6) is 0 Å². The van der Waals surface area contributed by atoms with Crippen molar-refractivity contribution in [3.8, 4) is 0 Å². The van der Waals surface area contributed by atoms with E-state index in [9.17, 15) is 4.79 Å². The van der Waals surface area contributed by atoms with Crippen molar-refractivity contribution in [1.82, 2.24) is 15.3 Å². The van der Waals surface area contributed by atoms with E-state index in [0.717, 1.165) is 12.8 Å². The molecule has 0 unspecified atom stereocenters. The van der Waals surface area contributed by atoms with Crippen LogP contribution in [0.3, 0.4) is 0 Å². The van der Waals surface area contributed by atoms with Crippen molar-refractivity contribution >= 4 is 11.7 Å². The van der Waals surface area contributed by atoms with E-state index in [-0.39, 0.29) is 12.0 Å². The smallest absolute Gasteiger partial charge is 0.249 e. The number of carbonyl (C=O) groups excluding carboxylic acids is 1. The van der Waals surface area contributed by atoms with Crippen LogP contribution in [-0.2, 0) is 9.53 Å². The monoisotopic (exact) mass is 236 g/mol. The minimum absolute atomic E-state index is 0.0246. The first kappa shape index (κ1) is 11.8. The molecule has 2 N–H and O–H groups in total. The van der Waals surface area contributed by atoms with Crippen molar-refractivity contribution in [2.45, 2.75) is 18.9 Å². The topological polar surface area (TPSA) is 76.1 Å². The molecule has 1 aromatic heterocycles. The quantitative estimate of drug-likeness (QED) is 0.713. The minimum Gasteiger partial charge on any atom is -0.368 e. The maximum absolute atomic E-state index is 11.6. The molecular weight excluding hydrogens is 220 g/mol. The molecule has 1 saturated heterocycles. The molecule has 0 bridgehead atoms. The highest BCUT2D eigenvalue weighted by atomic mass is 16.5. The predicted molar refractivity (Wildman–Crippen MR) is 62.5 cm³/mol. The first-order valence-electron chi connectivity index (χ1n) is 5.75. The number of anilines is 1. The molecule has 92 valence electrons. The SMILES string of the molecule is O=C(NCCNc1cnccn1)[C@@H]1CCCO1. The Hall–Kier alpha value is -1.69. The molecule has 1 aliphatic heterocycles. The van der Waals surface area contributed by atoms with Gasteiger partial charge >= 0.3 is 0 Å². The Labute approximate surface area is 99.8 Å². The molecule has 0 saturated carbocycles. The normalized spacial score (nSPS) is 18.9. The van der Waals surface area contributed by atoms with Crippen molar-refractivity contribution in [3.05, 3.63) is 18.6 Å². The van der Waals surface area contributed by atoms with Gasteiger partial charge in [0.2, 0.25) is 5.91 Å². The number of ether oxygens (including phenoxy) is 1. The molecule has 0 spiro atoms. The number of carbonyl (C=O) groups is 1. The molecule has 1 aliphatic rings. The number of hydrogen-bond donors (Lipinski definition) is 2. The Morgan fingerprint density at radius 2 is 2.41 bits per heavy atom. The standard InChI is InChI=1S/C11H16N4O2/c16-11(9-2-1-7-17-9)15-6-5-14-10-8-12-3-4-13-10/h3-4,8-9H,1-2,5-7H2,(H,13,14)(H,15,16)/t9-/m0/s1. The Balaban J connectivity index is 1.61. The number of amides is 1. The van der Waals surface area contributed by atoms with E-state index in [1.165, 1.54) is 0 Å². The van der Waals surface area contributed by atoms with E-state index < -0.39 is 0 Å². The van der Waals surface area contributed by atoms with Gasteiger partial charge in [0.1, 0.15) is 11.9 Å². The summed E-state index contributed by atoms with van der Waals surface area (Å²) in [5.74, 6) is 0.683. The van der Waals surface area contributed by atoms with Gasteiger partial charge in [-0.3, -0.25) is 9.78 Å². The van der Waals surface area contributed by atoms with E-state index >= 15 is 0 Å². The molecule has 6 nitrogen and oxygen atoms in total. The van der Waals surface area contributed by atoms with E-state index in [1.54, 1.807) is 18.6 Å². The van der Waals surface area contributed by atoms with Crippen LogP contribution >= 0.6 is 0 Å². The van der Waals surface area contributed by atoms with E-state index in [4.69, 9.17) is 4.74 Å². The maximum Gasteiger partial charge on any atom is 0.249 e. The summed E-state index contributed by atoms with van der Waals surface area (Å²) in [5, 5.41) is 5.88. The predicted octanol–water partition coefficient (Wildman–Crippen LogP) is 0.184. The maximum atomic E-state index is 11.6. The van der Waals surface area contributed by atoms with Gasteiger partial charge in [-0.2, -0.15) is 0 Å². The van der Waals surface area contributed by atoms with Gasteiger partial charge < -0.3 is 15.4 Å². The first-order valence-corrected chi connectivity index (χ1v) is 5.75. The zero-order valence-electron chi connectivity index (χ0n) is 9.56. The van der Waals surface area contributed by atoms with Gasteiger partial charge in [-0.05, 0) is 12.8 Å². The third kappa shape index (κ3) is 3.67. The van der Waals surface area contributed by atoms with Crippen molar-refractivity contribution < 1.29 is 9.53 Å². The fraction of sp³-hybridized carbons (Fsp3) is 0.545. The van der Waals surface area contributed by atoms with Gasteiger partial charge in [-0.15, -0.1) is 0 Å². The van der Waals surface area contributed by atoms with Gasteiger partial charge in [-0.25, -0.2) is 4.98 Å². The van der Waals surface area contributed by atoms with Crippen molar-refractivity contribution in [2.75, 3.05) is 25.0 Å². The summed E-state index contributed by atoms with van der Waals surface area (Å²) in [7, 11) is 0. The zero-order chi connectivity index (χ0) is 11.9. The van der Waals surface area contributed by atoms with Gasteiger partial charge in [0.05, 0.1) is 6.20 Å². The van der Waals surface area contributed by atoms with Crippen LogP contribution in [0.4, 0.5) is 5.82 Å². The molecule has 0 radical (unpaired) electrons. The Kier molecular flexibility index (Phi) is 4.26.